The molecule has 4 heteroatoms. The van der Waals surface area contributed by atoms with E-state index in [1.54, 1.807) is 0 Å². The summed E-state index contributed by atoms with van der Waals surface area (Å²) in [6.45, 7) is 5.64. The van der Waals surface area contributed by atoms with Crippen LogP contribution in [0.15, 0.2) is 0 Å². The predicted molar refractivity (Wildman–Crippen MR) is 67.0 cm³/mol. The molecule has 98 valence electrons. The van der Waals surface area contributed by atoms with Crippen molar-refractivity contribution in [3.8, 4) is 0 Å². The van der Waals surface area contributed by atoms with Crippen molar-refractivity contribution in [2.75, 3.05) is 33.3 Å². The molecule has 0 spiro atoms. The van der Waals surface area contributed by atoms with Crippen LogP contribution in [-0.2, 0) is 4.74 Å². The summed E-state index contributed by atoms with van der Waals surface area (Å²) in [5, 5.41) is 0. The topological polar surface area (TPSA) is 32.8 Å². The van der Waals surface area contributed by atoms with E-state index in [1.165, 1.54) is 6.42 Å². The van der Waals surface area contributed by atoms with Crippen molar-refractivity contribution in [1.82, 2.24) is 9.80 Å². The van der Waals surface area contributed by atoms with Crippen LogP contribution in [0.1, 0.15) is 32.6 Å². The number of piperidine rings is 1. The second-order valence-electron chi connectivity index (χ2n) is 5.49. The molecule has 0 bridgehead atoms. The summed E-state index contributed by atoms with van der Waals surface area (Å²) in [5.41, 5.74) is 0. The zero-order valence-corrected chi connectivity index (χ0v) is 11.0. The summed E-state index contributed by atoms with van der Waals surface area (Å²) >= 11 is 0. The number of hydrogen-bond donors (Lipinski definition) is 0. The van der Waals surface area contributed by atoms with Crippen molar-refractivity contribution in [3.63, 3.8) is 0 Å². The van der Waals surface area contributed by atoms with Gasteiger partial charge in [-0.1, -0.05) is 6.92 Å². The predicted octanol–water partition coefficient (Wildman–Crippen LogP) is 1.95. The molecule has 0 aromatic carbocycles. The van der Waals surface area contributed by atoms with Crippen molar-refractivity contribution in [2.45, 2.75) is 38.7 Å². The molecule has 2 saturated heterocycles. The van der Waals surface area contributed by atoms with Gasteiger partial charge in [-0.15, -0.1) is 0 Å². The number of hydrogen-bond acceptors (Lipinski definition) is 2. The van der Waals surface area contributed by atoms with Crippen LogP contribution in [0.2, 0.25) is 0 Å². The maximum absolute atomic E-state index is 12.2. The van der Waals surface area contributed by atoms with Gasteiger partial charge in [-0.25, -0.2) is 4.79 Å². The SMILES string of the molecule is CC1CCCN(C(=O)N(C)CC2CCCO2)C1. The van der Waals surface area contributed by atoms with Crippen molar-refractivity contribution in [2.24, 2.45) is 5.92 Å². The van der Waals surface area contributed by atoms with Crippen LogP contribution in [0.25, 0.3) is 0 Å². The van der Waals surface area contributed by atoms with Gasteiger partial charge in [-0.05, 0) is 31.6 Å². The van der Waals surface area contributed by atoms with Crippen molar-refractivity contribution in [3.05, 3.63) is 0 Å². The van der Waals surface area contributed by atoms with E-state index in [1.807, 2.05) is 16.8 Å². The van der Waals surface area contributed by atoms with E-state index in [4.69, 9.17) is 4.74 Å². The fraction of sp³-hybridized carbons (Fsp3) is 0.923. The Kier molecular flexibility index (Phi) is 4.26. The number of ether oxygens (including phenoxy) is 1. The molecule has 2 fully saturated rings. The van der Waals surface area contributed by atoms with Crippen molar-refractivity contribution in [1.29, 1.82) is 0 Å². The minimum atomic E-state index is 0.173. The highest BCUT2D eigenvalue weighted by atomic mass is 16.5. The van der Waals surface area contributed by atoms with Crippen molar-refractivity contribution < 1.29 is 9.53 Å². The van der Waals surface area contributed by atoms with Crippen LogP contribution < -0.4 is 0 Å². The van der Waals surface area contributed by atoms with Crippen LogP contribution >= 0.6 is 0 Å². The molecule has 2 amide bonds. The molecule has 0 N–H and O–H groups in total. The highest BCUT2D eigenvalue weighted by molar-refractivity contribution is 5.74. The average Bonchev–Trinajstić information content (AvgIpc) is 2.80. The van der Waals surface area contributed by atoms with Gasteiger partial charge in [0, 0.05) is 33.3 Å². The number of nitrogens with zero attached hydrogens (tertiary/aromatic N) is 2. The Bertz CT molecular complexity index is 264. The van der Waals surface area contributed by atoms with Gasteiger partial charge in [0.25, 0.3) is 0 Å². The largest absolute Gasteiger partial charge is 0.376 e. The molecule has 2 unspecified atom stereocenters. The van der Waals surface area contributed by atoms with Gasteiger partial charge in [-0.2, -0.15) is 0 Å². The van der Waals surface area contributed by atoms with Crippen LogP contribution in [0.3, 0.4) is 0 Å². The third kappa shape index (κ3) is 3.35. The molecule has 0 radical (unpaired) electrons. The fourth-order valence-electron chi connectivity index (χ4n) is 2.78. The van der Waals surface area contributed by atoms with Crippen LogP contribution in [0.5, 0.6) is 0 Å². The van der Waals surface area contributed by atoms with E-state index in [2.05, 4.69) is 6.92 Å². The molecule has 2 rings (SSSR count). The van der Waals surface area contributed by atoms with Gasteiger partial charge in [-0.3, -0.25) is 0 Å². The van der Waals surface area contributed by atoms with Gasteiger partial charge in [0.05, 0.1) is 6.10 Å². The molecule has 0 aromatic rings. The third-order valence-corrected chi connectivity index (χ3v) is 3.76. The Labute approximate surface area is 104 Å². The van der Waals surface area contributed by atoms with Crippen LogP contribution in [0.4, 0.5) is 4.79 Å². The number of carbonyl (C=O) groups excluding carboxylic acids is 1. The first kappa shape index (κ1) is 12.7. The van der Waals surface area contributed by atoms with Gasteiger partial charge >= 0.3 is 6.03 Å². The molecule has 2 aliphatic rings. The summed E-state index contributed by atoms with van der Waals surface area (Å²) in [7, 11) is 1.89. The van der Waals surface area contributed by atoms with E-state index < -0.39 is 0 Å². The maximum Gasteiger partial charge on any atom is 0.319 e. The Hall–Kier alpha value is -0.770. The second-order valence-corrected chi connectivity index (χ2v) is 5.49. The summed E-state index contributed by atoms with van der Waals surface area (Å²) in [5.74, 6) is 0.642. The van der Waals surface area contributed by atoms with Gasteiger partial charge in [0.1, 0.15) is 0 Å². The van der Waals surface area contributed by atoms with E-state index in [-0.39, 0.29) is 12.1 Å². The highest BCUT2D eigenvalue weighted by Crippen LogP contribution is 2.18. The zero-order chi connectivity index (χ0) is 12.3. The van der Waals surface area contributed by atoms with Gasteiger partial charge < -0.3 is 14.5 Å². The first-order chi connectivity index (χ1) is 8.16. The number of likely N-dealkylation sites (tertiary alicyclic amines) is 1. The molecule has 17 heavy (non-hydrogen) atoms. The zero-order valence-electron chi connectivity index (χ0n) is 11.0. The van der Waals surface area contributed by atoms with Gasteiger partial charge in [0.2, 0.25) is 0 Å². The molecular weight excluding hydrogens is 216 g/mol. The van der Waals surface area contributed by atoms with Crippen molar-refractivity contribution >= 4 is 6.03 Å². The molecule has 0 saturated carbocycles. The lowest BCUT2D eigenvalue weighted by atomic mass is 10.0. The molecule has 2 atom stereocenters. The monoisotopic (exact) mass is 240 g/mol. The maximum atomic E-state index is 12.2. The minimum absolute atomic E-state index is 0.173. The number of urea groups is 1. The van der Waals surface area contributed by atoms with E-state index >= 15 is 0 Å². The minimum Gasteiger partial charge on any atom is -0.376 e. The quantitative estimate of drug-likeness (QED) is 0.739. The third-order valence-electron chi connectivity index (χ3n) is 3.76. The molecule has 2 aliphatic heterocycles. The lowest BCUT2D eigenvalue weighted by Gasteiger charge is -2.34. The smallest absolute Gasteiger partial charge is 0.319 e. The van der Waals surface area contributed by atoms with E-state index in [0.29, 0.717) is 5.92 Å². The normalized spacial score (nSPS) is 29.4. The summed E-state index contributed by atoms with van der Waals surface area (Å²) in [6, 6.07) is 0.173. The summed E-state index contributed by atoms with van der Waals surface area (Å²) in [4.78, 5) is 16.0. The standard InChI is InChI=1S/C13H24N2O2/c1-11-5-3-7-15(9-11)13(16)14(2)10-12-6-4-8-17-12/h11-12H,3-10H2,1-2H3. The lowest BCUT2D eigenvalue weighted by Crippen LogP contribution is -2.47. The Morgan fingerprint density at radius 3 is 2.88 bits per heavy atom. The number of amides is 2. The average molecular weight is 240 g/mol. The molecule has 0 aromatic heterocycles. The fourth-order valence-corrected chi connectivity index (χ4v) is 2.78. The first-order valence-corrected chi connectivity index (χ1v) is 6.78. The number of likely N-dealkylation sites (N-methyl/N-ethyl adjacent to an activating group) is 1. The van der Waals surface area contributed by atoms with Gasteiger partial charge in [0.15, 0.2) is 0 Å². The Balaban J connectivity index is 1.81. The molecular formula is C13H24N2O2. The van der Waals surface area contributed by atoms with E-state index in [9.17, 15) is 4.79 Å². The molecule has 2 heterocycles. The molecule has 0 aliphatic carbocycles. The summed E-state index contributed by atoms with van der Waals surface area (Å²) in [6.07, 6.45) is 4.87. The molecule has 4 nitrogen and oxygen atoms in total. The summed E-state index contributed by atoms with van der Waals surface area (Å²) < 4.78 is 5.57. The second kappa shape index (κ2) is 5.71. The highest BCUT2D eigenvalue weighted by Gasteiger charge is 2.26. The lowest BCUT2D eigenvalue weighted by molar-refractivity contribution is 0.0763. The number of rotatable bonds is 2. The number of carbonyl (C=O) groups is 1. The van der Waals surface area contributed by atoms with Crippen LogP contribution in [-0.4, -0.2) is 55.2 Å². The van der Waals surface area contributed by atoms with Crippen LogP contribution in [0, 0.1) is 5.92 Å². The first-order valence-electron chi connectivity index (χ1n) is 6.78. The Morgan fingerprint density at radius 2 is 2.24 bits per heavy atom. The van der Waals surface area contributed by atoms with E-state index in [0.717, 1.165) is 45.5 Å². The Morgan fingerprint density at radius 1 is 1.41 bits per heavy atom.